The van der Waals surface area contributed by atoms with E-state index in [1.165, 1.54) is 0 Å². The van der Waals surface area contributed by atoms with E-state index in [1.807, 2.05) is 6.08 Å². The molecule has 0 unspecified atom stereocenters. The Bertz CT molecular complexity index is 1230. The van der Waals surface area contributed by atoms with Crippen LogP contribution in [0.25, 0.3) is 0 Å². The van der Waals surface area contributed by atoms with E-state index in [4.69, 9.17) is 27.9 Å². The zero-order valence-electron chi connectivity index (χ0n) is 27.0. The number of carbonyl (C=O) groups excluding carboxylic acids is 1. The Morgan fingerprint density at radius 2 is 1.38 bits per heavy atom. The molecule has 1 N–H and O–H groups in total. The number of carbonyl (C=O) groups is 1. The molecule has 3 saturated heterocycles. The van der Waals surface area contributed by atoms with Crippen LogP contribution in [0.3, 0.4) is 0 Å². The molecule has 0 aromatic rings. The molecule has 252 valence electrons. The normalized spacial score (nSPS) is 28.0. The van der Waals surface area contributed by atoms with Gasteiger partial charge < -0.3 is 28.5 Å². The van der Waals surface area contributed by atoms with Gasteiger partial charge in [0.15, 0.2) is 11.6 Å². The number of fused-ring (bicyclic) bond motifs is 3. The molecule has 4 atom stereocenters. The summed E-state index contributed by atoms with van der Waals surface area (Å²) in [6.07, 6.45) is 28.3. The van der Waals surface area contributed by atoms with Crippen LogP contribution in [0.2, 0.25) is 0 Å². The summed E-state index contributed by atoms with van der Waals surface area (Å²) >= 11 is 0. The number of unbranched alkanes of at least 4 members (excludes halogenated alkanes) is 1. The topological polar surface area (TPSA) is 128 Å². The monoisotopic (exact) mass is 651 g/mol. The molecular weight excluding hydrogens is 602 g/mol. The molecular formula is C33H49NO10S. The van der Waals surface area contributed by atoms with E-state index < -0.39 is 58.6 Å². The van der Waals surface area contributed by atoms with Crippen molar-refractivity contribution >= 4 is 16.3 Å². The van der Waals surface area contributed by atoms with E-state index in [1.54, 1.807) is 38.7 Å². The number of hydrogen-bond donors (Lipinski definition) is 1. The lowest BCUT2D eigenvalue weighted by Crippen LogP contribution is -2.60. The van der Waals surface area contributed by atoms with E-state index in [0.717, 1.165) is 44.6 Å². The predicted molar refractivity (Wildman–Crippen MR) is 169 cm³/mol. The minimum atomic E-state index is -4.51. The van der Waals surface area contributed by atoms with Crippen molar-refractivity contribution in [2.75, 3.05) is 13.2 Å². The van der Waals surface area contributed by atoms with Gasteiger partial charge in [0.25, 0.3) is 0 Å². The van der Waals surface area contributed by atoms with E-state index in [-0.39, 0.29) is 6.61 Å². The van der Waals surface area contributed by atoms with Gasteiger partial charge in [0.2, 0.25) is 5.79 Å². The maximum Gasteiger partial charge on any atom is 0.367 e. The molecule has 0 spiro atoms. The first-order chi connectivity index (χ1) is 21.4. The van der Waals surface area contributed by atoms with Crippen LogP contribution >= 0.6 is 0 Å². The van der Waals surface area contributed by atoms with Crippen molar-refractivity contribution in [2.24, 2.45) is 0 Å². The third kappa shape index (κ3) is 12.7. The lowest BCUT2D eigenvalue weighted by molar-refractivity contribution is -0.290. The molecule has 0 radical (unpaired) electrons. The summed E-state index contributed by atoms with van der Waals surface area (Å²) in [5.41, 5.74) is 0. The van der Waals surface area contributed by atoms with Crippen LogP contribution in [0.1, 0.15) is 79.6 Å². The van der Waals surface area contributed by atoms with Gasteiger partial charge in [0, 0.05) is 6.08 Å². The first-order valence-electron chi connectivity index (χ1n) is 15.5. The highest BCUT2D eigenvalue weighted by molar-refractivity contribution is 7.84. The van der Waals surface area contributed by atoms with Gasteiger partial charge >= 0.3 is 16.3 Å². The Morgan fingerprint density at radius 1 is 0.800 bits per heavy atom. The van der Waals surface area contributed by atoms with Crippen LogP contribution in [-0.4, -0.2) is 63.3 Å². The molecule has 12 heteroatoms. The number of allylic oxidation sites excluding steroid dienone is 11. The Kier molecular flexibility index (Phi) is 14.4. The molecule has 3 aliphatic heterocycles. The molecule has 11 nitrogen and oxygen atoms in total. The van der Waals surface area contributed by atoms with Gasteiger partial charge in [-0.1, -0.05) is 73.8 Å². The minimum absolute atomic E-state index is 0.0836. The quantitative estimate of drug-likeness (QED) is 0.0843. The SMILES string of the molecule is CCC=CCC=CCC=CCC=CCC=CCC/C=C/C(=O)ONS(=O)(=O)OC[C@@]12OC[C@H]3OC(C)(C)O[C@H]3[C@@H]1OC(C)(C)O2. The standard InChI is InChI=1S/C33H49NO10S/c1-6-7-8-9-10-11-12-13-14-15-16-17-18-19-20-21-22-23-24-28(35)43-34-45(36,37)39-26-33-30(42-32(4,5)44-33)29-27(25-38-33)40-31(2,3)41-29/h7-8,10-11,13-14,16-17,19-20,23-24,27,29-30,34H,6,9,12,15,18,21-22,25-26H2,1-5H3/b8-7?,11-10?,14-13?,17-16?,20-19?,24-23+/t27-,29-,30+,33+/m1/s1. The number of rotatable bonds is 18. The van der Waals surface area contributed by atoms with Crippen molar-refractivity contribution in [3.05, 3.63) is 72.9 Å². The van der Waals surface area contributed by atoms with Crippen molar-refractivity contribution < 1.29 is 45.9 Å². The molecule has 3 rings (SSSR count). The summed E-state index contributed by atoms with van der Waals surface area (Å²) in [5.74, 6) is -4.42. The summed E-state index contributed by atoms with van der Waals surface area (Å²) in [6, 6.07) is 0. The Balaban J connectivity index is 1.30. The molecule has 3 aliphatic rings. The summed E-state index contributed by atoms with van der Waals surface area (Å²) in [5, 5.41) is 0. The fourth-order valence-corrected chi connectivity index (χ4v) is 5.55. The lowest BCUT2D eigenvalue weighted by Gasteiger charge is -2.40. The first-order valence-corrected chi connectivity index (χ1v) is 16.9. The largest absolute Gasteiger partial charge is 0.367 e. The van der Waals surface area contributed by atoms with Gasteiger partial charge in [-0.25, -0.2) is 4.79 Å². The Morgan fingerprint density at radius 3 is 2.00 bits per heavy atom. The Hall–Kier alpha value is -2.42. The average molecular weight is 652 g/mol. The fraction of sp³-hybridized carbons (Fsp3) is 0.606. The van der Waals surface area contributed by atoms with Crippen molar-refractivity contribution in [2.45, 2.75) is 115 Å². The van der Waals surface area contributed by atoms with Crippen LogP contribution in [0.4, 0.5) is 0 Å². The van der Waals surface area contributed by atoms with Crippen molar-refractivity contribution in [1.82, 2.24) is 4.89 Å². The molecule has 3 heterocycles. The molecule has 0 aliphatic carbocycles. The summed E-state index contributed by atoms with van der Waals surface area (Å²) in [6.45, 7) is 8.54. The smallest absolute Gasteiger partial charge is 0.350 e. The third-order valence-electron chi connectivity index (χ3n) is 6.85. The molecule has 0 saturated carbocycles. The van der Waals surface area contributed by atoms with Gasteiger partial charge in [-0.05, 0) is 77.5 Å². The maximum absolute atomic E-state index is 12.4. The van der Waals surface area contributed by atoms with Crippen LogP contribution < -0.4 is 4.89 Å². The minimum Gasteiger partial charge on any atom is -0.350 e. The maximum atomic E-state index is 12.4. The van der Waals surface area contributed by atoms with Crippen molar-refractivity contribution in [1.29, 1.82) is 0 Å². The number of ether oxygens (including phenoxy) is 5. The van der Waals surface area contributed by atoms with Crippen LogP contribution in [0.15, 0.2) is 72.9 Å². The summed E-state index contributed by atoms with van der Waals surface area (Å²) in [7, 11) is -4.51. The van der Waals surface area contributed by atoms with E-state index in [9.17, 15) is 13.2 Å². The van der Waals surface area contributed by atoms with Gasteiger partial charge in [-0.15, -0.1) is 0 Å². The molecule has 0 aromatic heterocycles. The number of hydrogen-bond acceptors (Lipinski definition) is 10. The summed E-state index contributed by atoms with van der Waals surface area (Å²) < 4.78 is 59.6. The summed E-state index contributed by atoms with van der Waals surface area (Å²) in [4.78, 5) is 18.3. The second kappa shape index (κ2) is 17.5. The molecule has 45 heavy (non-hydrogen) atoms. The van der Waals surface area contributed by atoms with Crippen molar-refractivity contribution in [3.63, 3.8) is 0 Å². The second-order valence-electron chi connectivity index (χ2n) is 11.7. The second-order valence-corrected chi connectivity index (χ2v) is 13.0. The highest BCUT2D eigenvalue weighted by atomic mass is 32.2. The van der Waals surface area contributed by atoms with Crippen LogP contribution in [-0.2, 0) is 47.8 Å². The Labute approximate surface area is 268 Å². The fourth-order valence-electron chi connectivity index (χ4n) is 5.00. The average Bonchev–Trinajstić information content (AvgIpc) is 3.45. The highest BCUT2D eigenvalue weighted by Gasteiger charge is 2.65. The van der Waals surface area contributed by atoms with Gasteiger partial charge in [-0.2, -0.15) is 8.42 Å². The van der Waals surface area contributed by atoms with Crippen LogP contribution in [0, 0.1) is 0 Å². The van der Waals surface area contributed by atoms with Gasteiger partial charge in [0.05, 0.1) is 6.61 Å². The predicted octanol–water partition coefficient (Wildman–Crippen LogP) is 5.78. The number of nitrogens with one attached hydrogen (secondary N) is 1. The molecule has 3 fully saturated rings. The van der Waals surface area contributed by atoms with Crippen LogP contribution in [0.5, 0.6) is 0 Å². The molecule has 0 amide bonds. The highest BCUT2D eigenvalue weighted by Crippen LogP contribution is 2.47. The lowest BCUT2D eigenvalue weighted by atomic mass is 9.98. The van der Waals surface area contributed by atoms with E-state index in [2.05, 4.69) is 66.4 Å². The molecule has 0 bridgehead atoms. The zero-order chi connectivity index (χ0) is 32.8. The van der Waals surface area contributed by atoms with E-state index in [0.29, 0.717) is 6.42 Å². The van der Waals surface area contributed by atoms with Gasteiger partial charge in [0.1, 0.15) is 24.9 Å². The van der Waals surface area contributed by atoms with E-state index >= 15 is 0 Å². The molecule has 0 aromatic carbocycles. The third-order valence-corrected chi connectivity index (χ3v) is 7.56. The zero-order valence-corrected chi connectivity index (χ0v) is 27.8. The van der Waals surface area contributed by atoms with Gasteiger partial charge in [-0.3, -0.25) is 4.18 Å². The van der Waals surface area contributed by atoms with Crippen molar-refractivity contribution in [3.8, 4) is 0 Å². The first kappa shape index (κ1) is 37.0.